The van der Waals surface area contributed by atoms with Gasteiger partial charge in [0.25, 0.3) is 0 Å². The van der Waals surface area contributed by atoms with Crippen LogP contribution < -0.4 is 0 Å². The van der Waals surface area contributed by atoms with Crippen LogP contribution in [0, 0.1) is 5.92 Å². The Bertz CT molecular complexity index is 602. The number of hydrogen-bond donors (Lipinski definition) is 1. The number of hydrogen-bond acceptors (Lipinski definition) is 2. The summed E-state index contributed by atoms with van der Waals surface area (Å²) in [4.78, 5) is 13.9. The van der Waals surface area contributed by atoms with Gasteiger partial charge in [-0.05, 0) is 16.3 Å². The normalized spacial score (nSPS) is 15.5. The largest absolute Gasteiger partial charge is 0.396 e. The summed E-state index contributed by atoms with van der Waals surface area (Å²) in [6.45, 7) is 1.57. The lowest BCUT2D eigenvalue weighted by Gasteiger charge is -2.38. The van der Waals surface area contributed by atoms with Crippen LogP contribution in [0.15, 0.2) is 42.5 Å². The zero-order valence-corrected chi connectivity index (χ0v) is 10.7. The van der Waals surface area contributed by atoms with Gasteiger partial charge in [0.2, 0.25) is 5.91 Å². The third kappa shape index (κ3) is 2.47. The van der Waals surface area contributed by atoms with E-state index in [1.165, 1.54) is 10.8 Å². The van der Waals surface area contributed by atoms with E-state index in [2.05, 4.69) is 24.3 Å². The van der Waals surface area contributed by atoms with Crippen LogP contribution in [0.1, 0.15) is 5.56 Å². The second kappa shape index (κ2) is 5.02. The summed E-state index contributed by atoms with van der Waals surface area (Å²) in [6, 6.07) is 14.3. The van der Waals surface area contributed by atoms with Crippen LogP contribution in [-0.2, 0) is 11.2 Å². The molecule has 0 spiro atoms. The van der Waals surface area contributed by atoms with E-state index in [1.807, 2.05) is 23.1 Å². The van der Waals surface area contributed by atoms with Crippen molar-refractivity contribution in [3.05, 3.63) is 48.0 Å². The Morgan fingerprint density at radius 1 is 1.16 bits per heavy atom. The molecule has 2 aromatic carbocycles. The molecule has 0 radical (unpaired) electrons. The molecule has 1 heterocycles. The maximum absolute atomic E-state index is 12.0. The summed E-state index contributed by atoms with van der Waals surface area (Å²) in [6.07, 6.45) is 0.447. The average molecular weight is 255 g/mol. The van der Waals surface area contributed by atoms with Crippen LogP contribution in [0.25, 0.3) is 10.8 Å². The number of carbonyl (C=O) groups excluding carboxylic acids is 1. The van der Waals surface area contributed by atoms with Gasteiger partial charge in [0.15, 0.2) is 0 Å². The van der Waals surface area contributed by atoms with E-state index in [0.29, 0.717) is 19.5 Å². The second-order valence-corrected chi connectivity index (χ2v) is 5.21. The molecule has 19 heavy (non-hydrogen) atoms. The SMILES string of the molecule is O=C(Cc1ccc2ccccc2c1)N1CC(CO)C1. The minimum absolute atomic E-state index is 0.153. The molecule has 0 unspecified atom stereocenters. The summed E-state index contributed by atoms with van der Waals surface area (Å²) >= 11 is 0. The predicted molar refractivity (Wildman–Crippen MR) is 74.8 cm³/mol. The van der Waals surface area contributed by atoms with Gasteiger partial charge in [-0.15, -0.1) is 0 Å². The summed E-state index contributed by atoms with van der Waals surface area (Å²) in [7, 11) is 0. The van der Waals surface area contributed by atoms with Gasteiger partial charge >= 0.3 is 0 Å². The first-order chi connectivity index (χ1) is 9.26. The van der Waals surface area contributed by atoms with Crippen molar-refractivity contribution in [3.63, 3.8) is 0 Å². The van der Waals surface area contributed by atoms with Gasteiger partial charge in [0, 0.05) is 25.6 Å². The summed E-state index contributed by atoms with van der Waals surface area (Å²) in [5.74, 6) is 0.431. The number of likely N-dealkylation sites (tertiary alicyclic amines) is 1. The lowest BCUT2D eigenvalue weighted by Crippen LogP contribution is -2.51. The van der Waals surface area contributed by atoms with Crippen LogP contribution in [-0.4, -0.2) is 35.6 Å². The molecule has 3 nitrogen and oxygen atoms in total. The van der Waals surface area contributed by atoms with Crippen LogP contribution >= 0.6 is 0 Å². The number of benzene rings is 2. The Morgan fingerprint density at radius 2 is 1.89 bits per heavy atom. The van der Waals surface area contributed by atoms with Crippen molar-refractivity contribution in [1.29, 1.82) is 0 Å². The van der Waals surface area contributed by atoms with Gasteiger partial charge in [-0.2, -0.15) is 0 Å². The molecule has 1 amide bonds. The minimum atomic E-state index is 0.153. The van der Waals surface area contributed by atoms with Crippen molar-refractivity contribution >= 4 is 16.7 Å². The van der Waals surface area contributed by atoms with Crippen molar-refractivity contribution in [2.75, 3.05) is 19.7 Å². The molecule has 1 fully saturated rings. The molecule has 1 aliphatic rings. The third-order valence-electron chi connectivity index (χ3n) is 3.74. The zero-order valence-electron chi connectivity index (χ0n) is 10.7. The van der Waals surface area contributed by atoms with E-state index in [4.69, 9.17) is 5.11 Å². The molecule has 98 valence electrons. The Morgan fingerprint density at radius 3 is 2.63 bits per heavy atom. The van der Waals surface area contributed by atoms with E-state index in [9.17, 15) is 4.79 Å². The first kappa shape index (κ1) is 12.2. The van der Waals surface area contributed by atoms with E-state index in [1.54, 1.807) is 0 Å². The monoisotopic (exact) mass is 255 g/mol. The van der Waals surface area contributed by atoms with E-state index in [0.717, 1.165) is 5.56 Å². The Kier molecular flexibility index (Phi) is 3.22. The van der Waals surface area contributed by atoms with Crippen molar-refractivity contribution < 1.29 is 9.90 Å². The highest BCUT2D eigenvalue weighted by atomic mass is 16.3. The third-order valence-corrected chi connectivity index (χ3v) is 3.74. The molecule has 2 aromatic rings. The number of nitrogens with zero attached hydrogens (tertiary/aromatic N) is 1. The minimum Gasteiger partial charge on any atom is -0.396 e. The van der Waals surface area contributed by atoms with Crippen molar-refractivity contribution in [1.82, 2.24) is 4.90 Å². The standard InChI is InChI=1S/C16H17NO2/c18-11-13-9-17(10-13)16(19)8-12-5-6-14-3-1-2-4-15(14)7-12/h1-7,13,18H,8-11H2. The van der Waals surface area contributed by atoms with Crippen molar-refractivity contribution in [2.24, 2.45) is 5.92 Å². The van der Waals surface area contributed by atoms with Crippen molar-refractivity contribution in [3.8, 4) is 0 Å². The number of amides is 1. The van der Waals surface area contributed by atoms with Gasteiger partial charge in [-0.1, -0.05) is 42.5 Å². The number of fused-ring (bicyclic) bond motifs is 1. The Balaban J connectivity index is 1.70. The maximum Gasteiger partial charge on any atom is 0.227 e. The van der Waals surface area contributed by atoms with Crippen LogP contribution in [0.5, 0.6) is 0 Å². The highest BCUT2D eigenvalue weighted by Crippen LogP contribution is 2.19. The fraction of sp³-hybridized carbons (Fsp3) is 0.312. The summed E-state index contributed by atoms with van der Waals surface area (Å²) < 4.78 is 0. The predicted octanol–water partition coefficient (Wildman–Crippen LogP) is 1.83. The van der Waals surface area contributed by atoms with Gasteiger partial charge in [-0.25, -0.2) is 0 Å². The molecule has 0 bridgehead atoms. The molecule has 1 aliphatic heterocycles. The van der Waals surface area contributed by atoms with E-state index >= 15 is 0 Å². The second-order valence-electron chi connectivity index (χ2n) is 5.21. The molecule has 0 saturated carbocycles. The first-order valence-corrected chi connectivity index (χ1v) is 6.62. The van der Waals surface area contributed by atoms with Gasteiger partial charge in [0.05, 0.1) is 6.42 Å². The lowest BCUT2D eigenvalue weighted by atomic mass is 9.99. The molecule has 0 atom stereocenters. The van der Waals surface area contributed by atoms with Crippen LogP contribution in [0.4, 0.5) is 0 Å². The topological polar surface area (TPSA) is 40.5 Å². The van der Waals surface area contributed by atoms with E-state index in [-0.39, 0.29) is 18.4 Å². The molecule has 1 N–H and O–H groups in total. The molecular weight excluding hydrogens is 238 g/mol. The van der Waals surface area contributed by atoms with Gasteiger partial charge in [0.1, 0.15) is 0 Å². The van der Waals surface area contributed by atoms with Gasteiger partial charge in [-0.3, -0.25) is 4.79 Å². The fourth-order valence-corrected chi connectivity index (χ4v) is 2.52. The summed E-state index contributed by atoms with van der Waals surface area (Å²) in [5.41, 5.74) is 1.05. The first-order valence-electron chi connectivity index (χ1n) is 6.62. The highest BCUT2D eigenvalue weighted by Gasteiger charge is 2.29. The van der Waals surface area contributed by atoms with Crippen molar-refractivity contribution in [2.45, 2.75) is 6.42 Å². The lowest BCUT2D eigenvalue weighted by molar-refractivity contribution is -0.137. The molecule has 0 aromatic heterocycles. The average Bonchev–Trinajstić information content (AvgIpc) is 2.37. The molecule has 1 saturated heterocycles. The number of aliphatic hydroxyl groups excluding tert-OH is 1. The maximum atomic E-state index is 12.0. The summed E-state index contributed by atoms with van der Waals surface area (Å²) in [5, 5.41) is 11.3. The molecule has 0 aliphatic carbocycles. The number of rotatable bonds is 3. The zero-order chi connectivity index (χ0) is 13.2. The smallest absolute Gasteiger partial charge is 0.227 e. The van der Waals surface area contributed by atoms with Crippen LogP contribution in [0.3, 0.4) is 0 Å². The van der Waals surface area contributed by atoms with Crippen LogP contribution in [0.2, 0.25) is 0 Å². The van der Waals surface area contributed by atoms with E-state index < -0.39 is 0 Å². The Labute approximate surface area is 112 Å². The van der Waals surface area contributed by atoms with Gasteiger partial charge < -0.3 is 10.0 Å². The quantitative estimate of drug-likeness (QED) is 0.909. The number of aliphatic hydroxyl groups is 1. The molecule has 3 heteroatoms. The molecular formula is C16H17NO2. The highest BCUT2D eigenvalue weighted by molar-refractivity contribution is 5.85. The number of carbonyl (C=O) groups is 1. The Hall–Kier alpha value is -1.87. The fourth-order valence-electron chi connectivity index (χ4n) is 2.52. The molecule has 3 rings (SSSR count).